The van der Waals surface area contributed by atoms with Crippen LogP contribution in [0.3, 0.4) is 0 Å². The monoisotopic (exact) mass is 279 g/mol. The lowest BCUT2D eigenvalue weighted by Crippen LogP contribution is -2.03. The van der Waals surface area contributed by atoms with Crippen LogP contribution in [0, 0.1) is 6.92 Å². The van der Waals surface area contributed by atoms with Gasteiger partial charge in [-0.1, -0.05) is 25.1 Å². The first kappa shape index (κ1) is 13.3. The normalized spacial score (nSPS) is 10.8. The van der Waals surface area contributed by atoms with Crippen LogP contribution in [-0.4, -0.2) is 19.7 Å². The number of hydrogen-bond donors (Lipinski definition) is 1. The average molecular weight is 279 g/mol. The van der Waals surface area contributed by atoms with Crippen molar-refractivity contribution in [1.29, 1.82) is 0 Å². The highest BCUT2D eigenvalue weighted by Gasteiger charge is 2.11. The third kappa shape index (κ3) is 2.50. The summed E-state index contributed by atoms with van der Waals surface area (Å²) in [5.74, 6) is 1.15. The molecule has 0 unspecified atom stereocenters. The lowest BCUT2D eigenvalue weighted by Gasteiger charge is -2.07. The maximum Gasteiger partial charge on any atom is 0.164 e. The molecule has 3 rings (SSSR count). The molecule has 2 N–H and O–H groups in total. The van der Waals surface area contributed by atoms with Gasteiger partial charge >= 0.3 is 0 Å². The number of nitrogens with two attached hydrogens (primary N) is 1. The maximum atomic E-state index is 5.97. The minimum Gasteiger partial charge on any atom is -0.383 e. The van der Waals surface area contributed by atoms with Gasteiger partial charge in [0.25, 0.3) is 0 Å². The van der Waals surface area contributed by atoms with Crippen LogP contribution in [0.5, 0.6) is 0 Å². The molecule has 0 radical (unpaired) electrons. The molecule has 0 aliphatic carbocycles. The van der Waals surface area contributed by atoms with E-state index in [2.05, 4.69) is 22.0 Å². The zero-order valence-electron chi connectivity index (χ0n) is 12.1. The molecule has 0 aliphatic heterocycles. The van der Waals surface area contributed by atoms with Crippen LogP contribution in [0.15, 0.2) is 42.7 Å². The van der Waals surface area contributed by atoms with E-state index >= 15 is 0 Å². The van der Waals surface area contributed by atoms with E-state index in [1.165, 1.54) is 0 Å². The molecule has 0 bridgehead atoms. The molecule has 5 nitrogen and oxygen atoms in total. The van der Waals surface area contributed by atoms with Gasteiger partial charge in [-0.05, 0) is 25.5 Å². The Morgan fingerprint density at radius 3 is 2.62 bits per heavy atom. The average Bonchev–Trinajstić information content (AvgIpc) is 3.00. The molecule has 0 fully saturated rings. The van der Waals surface area contributed by atoms with E-state index in [4.69, 9.17) is 5.73 Å². The summed E-state index contributed by atoms with van der Waals surface area (Å²) in [4.78, 5) is 8.96. The van der Waals surface area contributed by atoms with Crippen molar-refractivity contribution < 1.29 is 0 Å². The van der Waals surface area contributed by atoms with Crippen molar-refractivity contribution in [3.8, 4) is 17.1 Å². The molecule has 106 valence electrons. The van der Waals surface area contributed by atoms with Gasteiger partial charge in [0.05, 0.1) is 17.4 Å². The Morgan fingerprint density at radius 2 is 1.90 bits per heavy atom. The second kappa shape index (κ2) is 5.36. The number of anilines is 1. The van der Waals surface area contributed by atoms with Crippen LogP contribution in [-0.2, 0) is 6.42 Å². The van der Waals surface area contributed by atoms with E-state index in [1.807, 2.05) is 43.5 Å². The second-order valence-corrected chi connectivity index (χ2v) is 4.87. The zero-order chi connectivity index (χ0) is 14.8. The predicted octanol–water partition coefficient (Wildman–Crippen LogP) is 2.78. The van der Waals surface area contributed by atoms with Gasteiger partial charge in [0.2, 0.25) is 0 Å². The summed E-state index contributed by atoms with van der Waals surface area (Å²) in [5, 5.41) is 4.37. The third-order valence-electron chi connectivity index (χ3n) is 3.48. The van der Waals surface area contributed by atoms with E-state index in [-0.39, 0.29) is 0 Å². The summed E-state index contributed by atoms with van der Waals surface area (Å²) in [6.45, 7) is 4.01. The Balaban J connectivity index is 2.03. The number of hydrogen-bond acceptors (Lipinski definition) is 4. The highest BCUT2D eigenvalue weighted by atomic mass is 15.3. The maximum absolute atomic E-state index is 5.97. The minimum absolute atomic E-state index is 0.532. The molecule has 0 saturated carbocycles. The Kier molecular flexibility index (Phi) is 3.39. The summed E-state index contributed by atoms with van der Waals surface area (Å²) in [7, 11) is 0. The minimum atomic E-state index is 0.532. The molecule has 0 aliphatic rings. The summed E-state index contributed by atoms with van der Waals surface area (Å²) in [6.07, 6.45) is 4.51. The van der Waals surface area contributed by atoms with Gasteiger partial charge in [-0.3, -0.25) is 0 Å². The van der Waals surface area contributed by atoms with Crippen LogP contribution in [0.2, 0.25) is 0 Å². The number of nitrogen functional groups attached to an aromatic ring is 1. The number of benzene rings is 1. The Labute approximate surface area is 123 Å². The first-order chi connectivity index (χ1) is 10.2. The zero-order valence-corrected chi connectivity index (χ0v) is 12.1. The SMILES string of the molecule is CCc1nc(-c2cnn(-c3ccccc3)c2)nc(N)c1C. The fraction of sp³-hybridized carbons (Fsp3) is 0.188. The van der Waals surface area contributed by atoms with E-state index in [9.17, 15) is 0 Å². The van der Waals surface area contributed by atoms with Crippen molar-refractivity contribution in [3.05, 3.63) is 54.0 Å². The highest BCUT2D eigenvalue weighted by Crippen LogP contribution is 2.21. The summed E-state index contributed by atoms with van der Waals surface area (Å²) >= 11 is 0. The van der Waals surface area contributed by atoms with Crippen molar-refractivity contribution in [2.75, 3.05) is 5.73 Å². The van der Waals surface area contributed by atoms with Crippen molar-refractivity contribution in [2.24, 2.45) is 0 Å². The van der Waals surface area contributed by atoms with Gasteiger partial charge in [0.1, 0.15) is 5.82 Å². The van der Waals surface area contributed by atoms with Crippen molar-refractivity contribution >= 4 is 5.82 Å². The molecule has 0 atom stereocenters. The molecule has 3 aromatic rings. The van der Waals surface area contributed by atoms with Gasteiger partial charge < -0.3 is 5.73 Å². The van der Waals surface area contributed by atoms with E-state index in [0.29, 0.717) is 11.6 Å². The predicted molar refractivity (Wildman–Crippen MR) is 83.1 cm³/mol. The summed E-state index contributed by atoms with van der Waals surface area (Å²) in [5.41, 5.74) is 9.77. The number of aromatic nitrogens is 4. The third-order valence-corrected chi connectivity index (χ3v) is 3.48. The van der Waals surface area contributed by atoms with Gasteiger partial charge in [0.15, 0.2) is 5.82 Å². The van der Waals surface area contributed by atoms with Crippen molar-refractivity contribution in [2.45, 2.75) is 20.3 Å². The fourth-order valence-electron chi connectivity index (χ4n) is 2.22. The Bertz CT molecular complexity index is 762. The van der Waals surface area contributed by atoms with Crippen LogP contribution in [0.4, 0.5) is 5.82 Å². The Morgan fingerprint density at radius 1 is 1.14 bits per heavy atom. The quantitative estimate of drug-likeness (QED) is 0.800. The molecule has 0 spiro atoms. The molecule has 5 heteroatoms. The number of nitrogens with zero attached hydrogens (tertiary/aromatic N) is 4. The lowest BCUT2D eigenvalue weighted by atomic mass is 10.2. The van der Waals surface area contributed by atoms with Crippen molar-refractivity contribution in [3.63, 3.8) is 0 Å². The largest absolute Gasteiger partial charge is 0.383 e. The first-order valence-electron chi connectivity index (χ1n) is 6.92. The molecule has 21 heavy (non-hydrogen) atoms. The lowest BCUT2D eigenvalue weighted by molar-refractivity contribution is 0.880. The molecule has 1 aromatic carbocycles. The van der Waals surface area contributed by atoms with Gasteiger partial charge in [-0.25, -0.2) is 14.6 Å². The fourth-order valence-corrected chi connectivity index (χ4v) is 2.22. The van der Waals surface area contributed by atoms with Crippen LogP contribution in [0.25, 0.3) is 17.1 Å². The van der Waals surface area contributed by atoms with Crippen molar-refractivity contribution in [1.82, 2.24) is 19.7 Å². The van der Waals surface area contributed by atoms with E-state index in [1.54, 1.807) is 10.9 Å². The second-order valence-electron chi connectivity index (χ2n) is 4.87. The molecular weight excluding hydrogens is 262 g/mol. The number of para-hydroxylation sites is 1. The first-order valence-corrected chi connectivity index (χ1v) is 6.92. The highest BCUT2D eigenvalue weighted by molar-refractivity contribution is 5.57. The molecule has 0 amide bonds. The molecular formula is C16H17N5. The number of aryl methyl sites for hydroxylation is 1. The van der Waals surface area contributed by atoms with Gasteiger partial charge in [-0.15, -0.1) is 0 Å². The van der Waals surface area contributed by atoms with Crippen LogP contribution >= 0.6 is 0 Å². The smallest absolute Gasteiger partial charge is 0.164 e. The molecule has 2 heterocycles. The standard InChI is InChI=1S/C16H17N5/c1-3-14-11(2)15(17)20-16(19-14)12-9-18-21(10-12)13-7-5-4-6-8-13/h4-10H,3H2,1-2H3,(H2,17,19,20). The summed E-state index contributed by atoms with van der Waals surface area (Å²) < 4.78 is 1.81. The summed E-state index contributed by atoms with van der Waals surface area (Å²) in [6, 6.07) is 9.93. The molecule has 0 saturated heterocycles. The van der Waals surface area contributed by atoms with Crippen LogP contribution < -0.4 is 5.73 Å². The van der Waals surface area contributed by atoms with Crippen LogP contribution in [0.1, 0.15) is 18.2 Å². The van der Waals surface area contributed by atoms with E-state index in [0.717, 1.165) is 28.9 Å². The number of rotatable bonds is 3. The molecule has 2 aromatic heterocycles. The topological polar surface area (TPSA) is 69.6 Å². The van der Waals surface area contributed by atoms with Gasteiger partial charge in [-0.2, -0.15) is 5.10 Å². The van der Waals surface area contributed by atoms with E-state index < -0.39 is 0 Å². The Hall–Kier alpha value is -2.69. The van der Waals surface area contributed by atoms with Gasteiger partial charge in [0, 0.05) is 17.5 Å².